The molecule has 3 amide bonds. The van der Waals surface area contributed by atoms with E-state index in [1.54, 1.807) is 6.07 Å². The Hall–Kier alpha value is -2.11. The maximum Gasteiger partial charge on any atom is 0.315 e. The van der Waals surface area contributed by atoms with Gasteiger partial charge in [-0.3, -0.25) is 4.79 Å². The van der Waals surface area contributed by atoms with Gasteiger partial charge in [0.2, 0.25) is 0 Å². The summed E-state index contributed by atoms with van der Waals surface area (Å²) in [5.41, 5.74) is -0.00543. The number of amides is 3. The molecule has 3 N–H and O–H groups in total. The van der Waals surface area contributed by atoms with E-state index in [4.69, 9.17) is 0 Å². The minimum Gasteiger partial charge on any atom is -0.350 e. The van der Waals surface area contributed by atoms with Gasteiger partial charge in [0.15, 0.2) is 0 Å². The molecule has 0 heterocycles. The van der Waals surface area contributed by atoms with Crippen LogP contribution in [0.2, 0.25) is 0 Å². The van der Waals surface area contributed by atoms with Crippen LogP contribution in [-0.4, -0.2) is 31.1 Å². The largest absolute Gasteiger partial charge is 0.350 e. The third-order valence-electron chi connectivity index (χ3n) is 2.23. The normalized spacial score (nSPS) is 10.1. The number of nitrogens with one attached hydrogen (secondary N) is 3. The topological polar surface area (TPSA) is 70.2 Å². The average Bonchev–Trinajstić information content (AvgIpc) is 2.34. The van der Waals surface area contributed by atoms with Gasteiger partial charge in [-0.25, -0.2) is 9.18 Å². The molecule has 0 radical (unpaired) electrons. The second-order valence-electron chi connectivity index (χ2n) is 4.29. The minimum atomic E-state index is -0.564. The Morgan fingerprint density at radius 1 is 1.16 bits per heavy atom. The molecule has 0 atom stereocenters. The molecule has 0 saturated carbocycles. The van der Waals surface area contributed by atoms with Crippen molar-refractivity contribution in [2.75, 3.05) is 13.1 Å². The zero-order valence-electron chi connectivity index (χ0n) is 11.0. The maximum atomic E-state index is 13.3. The summed E-state index contributed by atoms with van der Waals surface area (Å²) in [5, 5.41) is 7.75. The summed E-state index contributed by atoms with van der Waals surface area (Å²) in [7, 11) is 0. The van der Waals surface area contributed by atoms with Gasteiger partial charge in [0.1, 0.15) is 5.82 Å². The predicted molar refractivity (Wildman–Crippen MR) is 70.4 cm³/mol. The minimum absolute atomic E-state index is 0.00543. The molecule has 0 spiro atoms. The van der Waals surface area contributed by atoms with Crippen LogP contribution in [0.15, 0.2) is 24.3 Å². The monoisotopic (exact) mass is 267 g/mol. The van der Waals surface area contributed by atoms with Crippen LogP contribution < -0.4 is 16.0 Å². The van der Waals surface area contributed by atoms with Crippen molar-refractivity contribution in [3.63, 3.8) is 0 Å². The quantitative estimate of drug-likeness (QED) is 0.703. The van der Waals surface area contributed by atoms with E-state index in [9.17, 15) is 14.0 Å². The van der Waals surface area contributed by atoms with Gasteiger partial charge in [-0.15, -0.1) is 0 Å². The zero-order chi connectivity index (χ0) is 14.3. The van der Waals surface area contributed by atoms with Crippen molar-refractivity contribution in [1.82, 2.24) is 16.0 Å². The Balaban J connectivity index is 2.29. The maximum absolute atomic E-state index is 13.3. The summed E-state index contributed by atoms with van der Waals surface area (Å²) in [6, 6.07) is 5.49. The summed E-state index contributed by atoms with van der Waals surface area (Å²) >= 11 is 0. The van der Waals surface area contributed by atoms with Crippen LogP contribution in [0.5, 0.6) is 0 Å². The lowest BCUT2D eigenvalue weighted by Gasteiger charge is -2.10. The molecule has 0 aliphatic carbocycles. The molecular formula is C13H18FN3O2. The zero-order valence-corrected chi connectivity index (χ0v) is 11.0. The van der Waals surface area contributed by atoms with Crippen molar-refractivity contribution in [2.45, 2.75) is 19.9 Å². The Bertz CT molecular complexity index is 449. The second kappa shape index (κ2) is 7.35. The lowest BCUT2D eigenvalue weighted by atomic mass is 10.2. The van der Waals surface area contributed by atoms with E-state index in [1.807, 2.05) is 13.8 Å². The summed E-state index contributed by atoms with van der Waals surface area (Å²) in [4.78, 5) is 22.8. The molecule has 104 valence electrons. The summed E-state index contributed by atoms with van der Waals surface area (Å²) in [6.45, 7) is 4.20. The molecule has 0 bridgehead atoms. The van der Waals surface area contributed by atoms with E-state index >= 15 is 0 Å². The summed E-state index contributed by atoms with van der Waals surface area (Å²) < 4.78 is 13.3. The SMILES string of the molecule is CC(C)NC(=O)NCCNC(=O)c1ccccc1F. The summed E-state index contributed by atoms with van der Waals surface area (Å²) in [6.07, 6.45) is 0. The fourth-order valence-corrected chi connectivity index (χ4v) is 1.41. The Labute approximate surface area is 111 Å². The van der Waals surface area contributed by atoms with E-state index in [0.717, 1.165) is 0 Å². The van der Waals surface area contributed by atoms with Crippen LogP contribution in [0, 0.1) is 5.82 Å². The third-order valence-corrected chi connectivity index (χ3v) is 2.23. The number of hydrogen-bond acceptors (Lipinski definition) is 2. The van der Waals surface area contributed by atoms with Gasteiger partial charge in [0, 0.05) is 19.1 Å². The molecule has 5 nitrogen and oxygen atoms in total. The molecule has 19 heavy (non-hydrogen) atoms. The lowest BCUT2D eigenvalue weighted by Crippen LogP contribution is -2.42. The summed E-state index contributed by atoms with van der Waals surface area (Å²) in [5.74, 6) is -1.06. The highest BCUT2D eigenvalue weighted by Crippen LogP contribution is 2.05. The molecule has 0 fully saturated rings. The molecule has 0 aliphatic rings. The predicted octanol–water partition coefficient (Wildman–Crippen LogP) is 1.26. The van der Waals surface area contributed by atoms with Crippen LogP contribution in [0.25, 0.3) is 0 Å². The smallest absolute Gasteiger partial charge is 0.315 e. The molecular weight excluding hydrogens is 249 g/mol. The van der Waals surface area contributed by atoms with Crippen molar-refractivity contribution in [1.29, 1.82) is 0 Å². The first-order chi connectivity index (χ1) is 9.00. The lowest BCUT2D eigenvalue weighted by molar-refractivity contribution is 0.0950. The van der Waals surface area contributed by atoms with Gasteiger partial charge in [-0.05, 0) is 26.0 Å². The number of halogens is 1. The second-order valence-corrected chi connectivity index (χ2v) is 4.29. The Kier molecular flexibility index (Phi) is 5.78. The Morgan fingerprint density at radius 2 is 1.79 bits per heavy atom. The van der Waals surface area contributed by atoms with E-state index in [0.29, 0.717) is 0 Å². The van der Waals surface area contributed by atoms with Gasteiger partial charge >= 0.3 is 6.03 Å². The molecule has 1 rings (SSSR count). The van der Waals surface area contributed by atoms with Crippen LogP contribution >= 0.6 is 0 Å². The molecule has 1 aromatic carbocycles. The highest BCUT2D eigenvalue weighted by molar-refractivity contribution is 5.94. The molecule has 0 saturated heterocycles. The van der Waals surface area contributed by atoms with Crippen molar-refractivity contribution in [3.05, 3.63) is 35.6 Å². The average molecular weight is 267 g/mol. The molecule has 0 unspecified atom stereocenters. The Morgan fingerprint density at radius 3 is 2.42 bits per heavy atom. The van der Waals surface area contributed by atoms with E-state index in [2.05, 4.69) is 16.0 Å². The number of benzene rings is 1. The molecule has 0 aliphatic heterocycles. The highest BCUT2D eigenvalue weighted by Gasteiger charge is 2.09. The van der Waals surface area contributed by atoms with Crippen molar-refractivity contribution < 1.29 is 14.0 Å². The van der Waals surface area contributed by atoms with Crippen LogP contribution in [0.4, 0.5) is 9.18 Å². The van der Waals surface area contributed by atoms with Gasteiger partial charge in [-0.2, -0.15) is 0 Å². The number of carbonyl (C=O) groups excluding carboxylic acids is 2. The van der Waals surface area contributed by atoms with Gasteiger partial charge < -0.3 is 16.0 Å². The van der Waals surface area contributed by atoms with E-state index in [-0.39, 0.29) is 30.7 Å². The van der Waals surface area contributed by atoms with Gasteiger partial charge in [0.25, 0.3) is 5.91 Å². The van der Waals surface area contributed by atoms with Crippen LogP contribution in [-0.2, 0) is 0 Å². The van der Waals surface area contributed by atoms with E-state index < -0.39 is 11.7 Å². The standard InChI is InChI=1S/C13H18FN3O2/c1-9(2)17-13(19)16-8-7-15-12(18)10-5-3-4-6-11(10)14/h3-6,9H,7-8H2,1-2H3,(H,15,18)(H2,16,17,19). The number of rotatable bonds is 5. The first-order valence-electron chi connectivity index (χ1n) is 6.08. The fourth-order valence-electron chi connectivity index (χ4n) is 1.41. The number of hydrogen-bond donors (Lipinski definition) is 3. The number of carbonyl (C=O) groups is 2. The van der Waals surface area contributed by atoms with Crippen LogP contribution in [0.1, 0.15) is 24.2 Å². The van der Waals surface area contributed by atoms with Crippen molar-refractivity contribution in [3.8, 4) is 0 Å². The molecule has 1 aromatic rings. The molecule has 0 aromatic heterocycles. The fraction of sp³-hybridized carbons (Fsp3) is 0.385. The number of urea groups is 1. The van der Waals surface area contributed by atoms with Crippen LogP contribution in [0.3, 0.4) is 0 Å². The first-order valence-corrected chi connectivity index (χ1v) is 6.08. The first kappa shape index (κ1) is 14.9. The highest BCUT2D eigenvalue weighted by atomic mass is 19.1. The van der Waals surface area contributed by atoms with Gasteiger partial charge in [0.05, 0.1) is 5.56 Å². The third kappa shape index (κ3) is 5.37. The van der Waals surface area contributed by atoms with E-state index in [1.165, 1.54) is 18.2 Å². The van der Waals surface area contributed by atoms with Crippen molar-refractivity contribution in [2.24, 2.45) is 0 Å². The molecule has 6 heteroatoms. The van der Waals surface area contributed by atoms with Crippen molar-refractivity contribution >= 4 is 11.9 Å². The van der Waals surface area contributed by atoms with Gasteiger partial charge in [-0.1, -0.05) is 12.1 Å².